The monoisotopic (exact) mass is 219 g/mol. The fourth-order valence-corrected chi connectivity index (χ4v) is 1.69. The van der Waals surface area contributed by atoms with Gasteiger partial charge in [-0.2, -0.15) is 0 Å². The smallest absolute Gasteiger partial charge is 0.0789 e. The Balaban J connectivity index is 2.68. The van der Waals surface area contributed by atoms with Crippen molar-refractivity contribution in [1.82, 2.24) is 4.98 Å². The predicted molar refractivity (Wildman–Crippen MR) is 62.9 cm³/mol. The van der Waals surface area contributed by atoms with Crippen LogP contribution in [0.2, 0.25) is 5.02 Å². The van der Waals surface area contributed by atoms with Gasteiger partial charge < -0.3 is 5.11 Å². The van der Waals surface area contributed by atoms with Gasteiger partial charge in [-0.1, -0.05) is 35.9 Å². The van der Waals surface area contributed by atoms with E-state index in [2.05, 4.69) is 4.98 Å². The molecule has 15 heavy (non-hydrogen) atoms. The Labute approximate surface area is 92.8 Å². The third kappa shape index (κ3) is 2.01. The lowest BCUT2D eigenvalue weighted by Gasteiger charge is -2.03. The van der Waals surface area contributed by atoms with Crippen LogP contribution < -0.4 is 0 Å². The van der Waals surface area contributed by atoms with Crippen LogP contribution in [0.25, 0.3) is 17.0 Å². The van der Waals surface area contributed by atoms with E-state index in [0.717, 1.165) is 16.5 Å². The summed E-state index contributed by atoms with van der Waals surface area (Å²) < 4.78 is 0. The Morgan fingerprint density at radius 2 is 2.20 bits per heavy atom. The van der Waals surface area contributed by atoms with Crippen LogP contribution in [-0.4, -0.2) is 16.7 Å². The van der Waals surface area contributed by atoms with Crippen LogP contribution in [0, 0.1) is 0 Å². The lowest BCUT2D eigenvalue weighted by molar-refractivity contribution is 0.343. The summed E-state index contributed by atoms with van der Waals surface area (Å²) in [6.45, 7) is -0.000446. The first-order chi connectivity index (χ1) is 7.33. The van der Waals surface area contributed by atoms with E-state index in [1.54, 1.807) is 18.3 Å². The third-order valence-corrected chi connectivity index (χ3v) is 2.48. The van der Waals surface area contributed by atoms with Gasteiger partial charge in [0.2, 0.25) is 0 Å². The number of hydrogen-bond acceptors (Lipinski definition) is 2. The number of fused-ring (bicyclic) bond motifs is 1. The number of hydrogen-bond donors (Lipinski definition) is 1. The van der Waals surface area contributed by atoms with Gasteiger partial charge in [0.1, 0.15) is 0 Å². The molecule has 0 atom stereocenters. The molecule has 0 saturated carbocycles. The first-order valence-electron chi connectivity index (χ1n) is 4.63. The van der Waals surface area contributed by atoms with Crippen molar-refractivity contribution < 1.29 is 5.11 Å². The van der Waals surface area contributed by atoms with Gasteiger partial charge in [0.15, 0.2) is 0 Å². The van der Waals surface area contributed by atoms with E-state index in [1.165, 1.54) is 0 Å². The molecule has 0 aliphatic carbocycles. The quantitative estimate of drug-likeness (QED) is 0.843. The van der Waals surface area contributed by atoms with Crippen LogP contribution in [0.4, 0.5) is 0 Å². The first kappa shape index (κ1) is 10.1. The van der Waals surface area contributed by atoms with Crippen molar-refractivity contribution in [2.45, 2.75) is 0 Å². The largest absolute Gasteiger partial charge is 0.392 e. The summed E-state index contributed by atoms with van der Waals surface area (Å²) in [5.41, 5.74) is 1.71. The van der Waals surface area contributed by atoms with Crippen LogP contribution in [0.1, 0.15) is 5.56 Å². The van der Waals surface area contributed by atoms with Crippen LogP contribution >= 0.6 is 11.6 Å². The van der Waals surface area contributed by atoms with Gasteiger partial charge in [0.05, 0.1) is 12.1 Å². The molecule has 0 unspecified atom stereocenters. The standard InChI is InChI=1S/C12H10ClNO/c13-11-6-5-9-3-1-7-14-12(9)10(11)4-2-8-15/h1-7,15H,8H2/b4-2+. The lowest BCUT2D eigenvalue weighted by Crippen LogP contribution is -1.84. The minimum absolute atomic E-state index is 0.000446. The molecular formula is C12H10ClNO. The second-order valence-corrected chi connectivity index (χ2v) is 3.53. The van der Waals surface area contributed by atoms with Crippen molar-refractivity contribution in [3.63, 3.8) is 0 Å². The normalized spacial score (nSPS) is 11.3. The third-order valence-electron chi connectivity index (χ3n) is 2.15. The topological polar surface area (TPSA) is 33.1 Å². The van der Waals surface area contributed by atoms with E-state index in [4.69, 9.17) is 16.7 Å². The molecule has 2 aromatic rings. The maximum atomic E-state index is 8.74. The average molecular weight is 220 g/mol. The van der Waals surface area contributed by atoms with E-state index in [-0.39, 0.29) is 6.61 Å². The zero-order valence-corrected chi connectivity index (χ0v) is 8.78. The molecule has 3 heteroatoms. The van der Waals surface area contributed by atoms with E-state index < -0.39 is 0 Å². The number of pyridine rings is 1. The van der Waals surface area contributed by atoms with Gasteiger partial charge in [-0.25, -0.2) is 0 Å². The number of rotatable bonds is 2. The van der Waals surface area contributed by atoms with Crippen molar-refractivity contribution in [2.24, 2.45) is 0 Å². The van der Waals surface area contributed by atoms with Crippen molar-refractivity contribution >= 4 is 28.6 Å². The summed E-state index contributed by atoms with van der Waals surface area (Å²) in [5, 5.41) is 10.4. The Morgan fingerprint density at radius 1 is 1.33 bits per heavy atom. The maximum absolute atomic E-state index is 8.74. The number of benzene rings is 1. The molecule has 2 nitrogen and oxygen atoms in total. The molecule has 0 bridgehead atoms. The highest BCUT2D eigenvalue weighted by atomic mass is 35.5. The predicted octanol–water partition coefficient (Wildman–Crippen LogP) is 2.89. The molecule has 1 aromatic carbocycles. The Bertz CT molecular complexity index is 508. The first-order valence-corrected chi connectivity index (χ1v) is 5.01. The molecule has 0 radical (unpaired) electrons. The maximum Gasteiger partial charge on any atom is 0.0789 e. The molecule has 0 aliphatic heterocycles. The number of halogens is 1. The zero-order chi connectivity index (χ0) is 10.7. The van der Waals surface area contributed by atoms with E-state index in [1.807, 2.05) is 24.3 Å². The second kappa shape index (κ2) is 4.43. The lowest BCUT2D eigenvalue weighted by atomic mass is 10.1. The Morgan fingerprint density at radius 3 is 3.00 bits per heavy atom. The Kier molecular flexibility index (Phi) is 2.99. The molecule has 0 spiro atoms. The van der Waals surface area contributed by atoms with Gasteiger partial charge in [0.25, 0.3) is 0 Å². The van der Waals surface area contributed by atoms with Gasteiger partial charge in [-0.15, -0.1) is 0 Å². The van der Waals surface area contributed by atoms with Crippen LogP contribution in [-0.2, 0) is 0 Å². The molecule has 1 aromatic heterocycles. The number of aliphatic hydroxyl groups excluding tert-OH is 1. The molecule has 76 valence electrons. The highest BCUT2D eigenvalue weighted by Crippen LogP contribution is 2.25. The summed E-state index contributed by atoms with van der Waals surface area (Å²) in [5.74, 6) is 0. The van der Waals surface area contributed by atoms with Gasteiger partial charge in [0, 0.05) is 22.2 Å². The highest BCUT2D eigenvalue weighted by molar-refractivity contribution is 6.33. The molecule has 1 heterocycles. The van der Waals surface area contributed by atoms with Gasteiger partial charge in [-0.05, 0) is 12.1 Å². The molecule has 0 amide bonds. The Hall–Kier alpha value is -1.38. The van der Waals surface area contributed by atoms with E-state index in [0.29, 0.717) is 5.02 Å². The SMILES string of the molecule is OC/C=C/c1c(Cl)ccc2cccnc12. The van der Waals surface area contributed by atoms with Crippen LogP contribution in [0.5, 0.6) is 0 Å². The van der Waals surface area contributed by atoms with Gasteiger partial charge >= 0.3 is 0 Å². The number of aromatic nitrogens is 1. The molecule has 0 aliphatic rings. The molecule has 0 saturated heterocycles. The fraction of sp³-hybridized carbons (Fsp3) is 0.0833. The van der Waals surface area contributed by atoms with Crippen molar-refractivity contribution in [1.29, 1.82) is 0 Å². The zero-order valence-electron chi connectivity index (χ0n) is 8.02. The fourth-order valence-electron chi connectivity index (χ4n) is 1.47. The molecular weight excluding hydrogens is 210 g/mol. The van der Waals surface area contributed by atoms with Crippen molar-refractivity contribution in [2.75, 3.05) is 6.61 Å². The highest BCUT2D eigenvalue weighted by Gasteiger charge is 2.03. The summed E-state index contributed by atoms with van der Waals surface area (Å²) in [4.78, 5) is 4.28. The molecule has 1 N–H and O–H groups in total. The van der Waals surface area contributed by atoms with Gasteiger partial charge in [-0.3, -0.25) is 4.98 Å². The minimum Gasteiger partial charge on any atom is -0.392 e. The van der Waals surface area contributed by atoms with Crippen LogP contribution in [0.3, 0.4) is 0 Å². The minimum atomic E-state index is -0.000446. The number of aliphatic hydroxyl groups is 1. The second-order valence-electron chi connectivity index (χ2n) is 3.12. The number of nitrogens with zero attached hydrogens (tertiary/aromatic N) is 1. The molecule has 2 rings (SSSR count). The molecule has 0 fully saturated rings. The van der Waals surface area contributed by atoms with E-state index in [9.17, 15) is 0 Å². The summed E-state index contributed by atoms with van der Waals surface area (Å²) in [7, 11) is 0. The van der Waals surface area contributed by atoms with Crippen LogP contribution in [0.15, 0.2) is 36.5 Å². The van der Waals surface area contributed by atoms with Crippen molar-refractivity contribution in [3.05, 3.63) is 47.1 Å². The summed E-state index contributed by atoms with van der Waals surface area (Å²) in [6.07, 6.45) is 5.17. The summed E-state index contributed by atoms with van der Waals surface area (Å²) >= 11 is 6.07. The average Bonchev–Trinajstić information content (AvgIpc) is 2.28. The van der Waals surface area contributed by atoms with Crippen molar-refractivity contribution in [3.8, 4) is 0 Å². The summed E-state index contributed by atoms with van der Waals surface area (Å²) in [6, 6.07) is 7.63. The van der Waals surface area contributed by atoms with E-state index >= 15 is 0 Å².